The van der Waals surface area contributed by atoms with E-state index in [9.17, 15) is 0 Å². The van der Waals surface area contributed by atoms with E-state index in [4.69, 9.17) is 0 Å². The lowest BCUT2D eigenvalue weighted by atomic mass is 10.2. The first-order valence-corrected chi connectivity index (χ1v) is 9.98. The van der Waals surface area contributed by atoms with E-state index in [2.05, 4.69) is 85.8 Å². The minimum absolute atomic E-state index is 0.682. The van der Waals surface area contributed by atoms with Gasteiger partial charge in [0.05, 0.1) is 6.20 Å². The van der Waals surface area contributed by atoms with Gasteiger partial charge >= 0.3 is 0 Å². The highest BCUT2D eigenvalue weighted by Crippen LogP contribution is 2.17. The van der Waals surface area contributed by atoms with E-state index in [0.717, 1.165) is 38.4 Å². The Hall–Kier alpha value is -3.25. The molecule has 2 heterocycles. The molecule has 1 aliphatic heterocycles. The fourth-order valence-corrected chi connectivity index (χ4v) is 3.31. The van der Waals surface area contributed by atoms with Crippen molar-refractivity contribution in [3.8, 4) is 0 Å². The fourth-order valence-electron chi connectivity index (χ4n) is 3.31. The molecule has 1 fully saturated rings. The monoisotopic (exact) mass is 386 g/mol. The maximum atomic E-state index is 4.65. The van der Waals surface area contributed by atoms with Gasteiger partial charge in [-0.3, -0.25) is 4.90 Å². The zero-order valence-electron chi connectivity index (χ0n) is 16.7. The molecule has 0 radical (unpaired) electrons. The summed E-state index contributed by atoms with van der Waals surface area (Å²) in [7, 11) is 0. The molecule has 0 unspecified atom stereocenters. The number of aryl methyl sites for hydroxylation is 1. The van der Waals surface area contributed by atoms with Gasteiger partial charge in [0.25, 0.3) is 0 Å². The third kappa shape index (κ3) is 5.39. The Kier molecular flexibility index (Phi) is 6.12. The second kappa shape index (κ2) is 9.30. The van der Waals surface area contributed by atoms with Crippen LogP contribution in [0.4, 0.5) is 17.5 Å². The van der Waals surface area contributed by atoms with Crippen molar-refractivity contribution in [2.75, 3.05) is 42.9 Å². The number of benzene rings is 2. The van der Waals surface area contributed by atoms with Crippen LogP contribution in [0.25, 0.3) is 6.08 Å². The summed E-state index contributed by atoms with van der Waals surface area (Å²) >= 11 is 0. The molecule has 1 aromatic heterocycles. The van der Waals surface area contributed by atoms with Crippen LogP contribution >= 0.6 is 0 Å². The van der Waals surface area contributed by atoms with Crippen LogP contribution in [0.2, 0.25) is 0 Å². The highest BCUT2D eigenvalue weighted by molar-refractivity contribution is 5.56. The molecule has 29 heavy (non-hydrogen) atoms. The molecule has 0 atom stereocenters. The molecule has 6 nitrogen and oxygen atoms in total. The summed E-state index contributed by atoms with van der Waals surface area (Å²) in [6.07, 6.45) is 6.07. The number of anilines is 3. The van der Waals surface area contributed by atoms with E-state index in [1.165, 1.54) is 11.1 Å². The number of rotatable bonds is 6. The smallest absolute Gasteiger partial charge is 0.247 e. The number of hydrogen-bond acceptors (Lipinski definition) is 6. The average Bonchev–Trinajstić information content (AvgIpc) is 2.77. The minimum Gasteiger partial charge on any atom is -0.339 e. The van der Waals surface area contributed by atoms with Gasteiger partial charge in [-0.2, -0.15) is 10.1 Å². The molecule has 0 saturated carbocycles. The molecule has 0 spiro atoms. The topological polar surface area (TPSA) is 57.2 Å². The Morgan fingerprint density at radius 3 is 2.48 bits per heavy atom. The van der Waals surface area contributed by atoms with Crippen molar-refractivity contribution in [3.63, 3.8) is 0 Å². The van der Waals surface area contributed by atoms with Gasteiger partial charge in [0.2, 0.25) is 5.95 Å². The number of nitrogens with zero attached hydrogens (tertiary/aromatic N) is 5. The first kappa shape index (κ1) is 19.1. The normalized spacial score (nSPS) is 15.0. The van der Waals surface area contributed by atoms with Gasteiger partial charge < -0.3 is 10.2 Å². The Morgan fingerprint density at radius 2 is 1.72 bits per heavy atom. The van der Waals surface area contributed by atoms with Crippen LogP contribution < -0.4 is 10.2 Å². The Morgan fingerprint density at radius 1 is 0.966 bits per heavy atom. The summed E-state index contributed by atoms with van der Waals surface area (Å²) in [6.45, 7) is 6.79. The van der Waals surface area contributed by atoms with Crippen molar-refractivity contribution in [2.24, 2.45) is 0 Å². The van der Waals surface area contributed by atoms with Gasteiger partial charge in [-0.25, -0.2) is 0 Å². The van der Waals surface area contributed by atoms with Crippen molar-refractivity contribution in [1.29, 1.82) is 0 Å². The van der Waals surface area contributed by atoms with Gasteiger partial charge in [-0.15, -0.1) is 5.10 Å². The number of aromatic nitrogens is 3. The third-order valence-electron chi connectivity index (χ3n) is 5.00. The van der Waals surface area contributed by atoms with Gasteiger partial charge in [0.15, 0.2) is 5.82 Å². The number of piperazine rings is 1. The van der Waals surface area contributed by atoms with Crippen LogP contribution in [0.15, 0.2) is 66.9 Å². The van der Waals surface area contributed by atoms with Crippen LogP contribution in [0.5, 0.6) is 0 Å². The SMILES string of the molecule is Cc1ccc(Nc2cnnc(N3CCN(C/C=C/c4ccccc4)CC3)n2)cc1. The van der Waals surface area contributed by atoms with Crippen LogP contribution in [0.1, 0.15) is 11.1 Å². The molecule has 1 saturated heterocycles. The lowest BCUT2D eigenvalue weighted by molar-refractivity contribution is 0.282. The van der Waals surface area contributed by atoms with Crippen molar-refractivity contribution in [1.82, 2.24) is 20.1 Å². The molecular formula is C23H26N6. The van der Waals surface area contributed by atoms with Crippen molar-refractivity contribution in [2.45, 2.75) is 6.92 Å². The first-order valence-electron chi connectivity index (χ1n) is 9.98. The maximum Gasteiger partial charge on any atom is 0.247 e. The second-order valence-electron chi connectivity index (χ2n) is 7.23. The van der Waals surface area contributed by atoms with Crippen LogP contribution in [-0.2, 0) is 0 Å². The zero-order chi connectivity index (χ0) is 19.9. The van der Waals surface area contributed by atoms with Crippen molar-refractivity contribution in [3.05, 3.63) is 78.0 Å². The summed E-state index contributed by atoms with van der Waals surface area (Å²) in [5.41, 5.74) is 3.47. The van der Waals surface area contributed by atoms with Crippen LogP contribution in [0, 0.1) is 6.92 Å². The summed E-state index contributed by atoms with van der Waals surface area (Å²) in [6, 6.07) is 18.6. The molecule has 6 heteroatoms. The van der Waals surface area contributed by atoms with Crippen LogP contribution in [0.3, 0.4) is 0 Å². The lowest BCUT2D eigenvalue weighted by Gasteiger charge is -2.33. The molecule has 0 bridgehead atoms. The van der Waals surface area contributed by atoms with E-state index >= 15 is 0 Å². The molecule has 1 N–H and O–H groups in total. The van der Waals surface area contributed by atoms with Crippen molar-refractivity contribution < 1.29 is 0 Å². The molecule has 2 aromatic carbocycles. The molecule has 0 amide bonds. The van der Waals surface area contributed by atoms with E-state index < -0.39 is 0 Å². The largest absolute Gasteiger partial charge is 0.339 e. The van der Waals surface area contributed by atoms with E-state index in [-0.39, 0.29) is 0 Å². The molecule has 4 rings (SSSR count). The second-order valence-corrected chi connectivity index (χ2v) is 7.23. The predicted octanol–water partition coefficient (Wildman–Crippen LogP) is 3.76. The zero-order valence-corrected chi connectivity index (χ0v) is 16.7. The van der Waals surface area contributed by atoms with Gasteiger partial charge in [0, 0.05) is 38.4 Å². The number of hydrogen-bond donors (Lipinski definition) is 1. The third-order valence-corrected chi connectivity index (χ3v) is 5.00. The number of nitrogens with one attached hydrogen (secondary N) is 1. The Bertz CT molecular complexity index is 931. The fraction of sp³-hybridized carbons (Fsp3) is 0.261. The summed E-state index contributed by atoms with van der Waals surface area (Å²) in [5, 5.41) is 11.7. The Labute approximate surface area is 171 Å². The maximum absolute atomic E-state index is 4.65. The highest BCUT2D eigenvalue weighted by atomic mass is 15.4. The predicted molar refractivity (Wildman–Crippen MR) is 118 cm³/mol. The van der Waals surface area contributed by atoms with E-state index in [1.54, 1.807) is 6.20 Å². The van der Waals surface area contributed by atoms with Gasteiger partial charge in [0.1, 0.15) is 0 Å². The van der Waals surface area contributed by atoms with Crippen molar-refractivity contribution >= 4 is 23.5 Å². The Balaban J connectivity index is 1.30. The summed E-state index contributed by atoms with van der Waals surface area (Å²) < 4.78 is 0. The molecule has 1 aliphatic rings. The lowest BCUT2D eigenvalue weighted by Crippen LogP contribution is -2.47. The van der Waals surface area contributed by atoms with Gasteiger partial charge in [-0.05, 0) is 24.6 Å². The summed E-state index contributed by atoms with van der Waals surface area (Å²) in [5.74, 6) is 1.40. The standard InChI is InChI=1S/C23H26N6/c1-19-9-11-21(12-10-19)25-22-18-24-27-23(26-22)29-16-14-28(15-17-29)13-5-8-20-6-3-2-4-7-20/h2-12,18H,13-17H2,1H3,(H,25,26,27)/b8-5+. The molecule has 148 valence electrons. The molecule has 3 aromatic rings. The highest BCUT2D eigenvalue weighted by Gasteiger charge is 2.18. The summed E-state index contributed by atoms with van der Waals surface area (Å²) in [4.78, 5) is 9.29. The van der Waals surface area contributed by atoms with E-state index in [0.29, 0.717) is 11.8 Å². The van der Waals surface area contributed by atoms with Gasteiger partial charge in [-0.1, -0.05) is 60.2 Å². The average molecular weight is 387 g/mol. The quantitative estimate of drug-likeness (QED) is 0.696. The van der Waals surface area contributed by atoms with Crippen LogP contribution in [-0.4, -0.2) is 52.8 Å². The minimum atomic E-state index is 0.682. The first-order chi connectivity index (χ1) is 14.3. The van der Waals surface area contributed by atoms with E-state index in [1.807, 2.05) is 18.2 Å². The molecular weight excluding hydrogens is 360 g/mol. The molecule has 0 aliphatic carbocycles.